The number of unbranched alkanes of at least 4 members (excludes halogenated alkanes) is 2. The first-order chi connectivity index (χ1) is 11.5. The third kappa shape index (κ3) is 3.14. The minimum absolute atomic E-state index is 0.0815. The fourth-order valence-corrected chi connectivity index (χ4v) is 3.16. The quantitative estimate of drug-likeness (QED) is 0.651. The molecule has 1 heterocycles. The number of hydrogen-bond donors (Lipinski definition) is 1. The van der Waals surface area contributed by atoms with E-state index in [9.17, 15) is 5.11 Å². The smallest absolute Gasteiger partial charge is 0.146 e. The van der Waals surface area contributed by atoms with Crippen molar-refractivity contribution < 1.29 is 5.11 Å². The largest absolute Gasteiger partial charge is 0.505 e. The van der Waals surface area contributed by atoms with Crippen LogP contribution in [-0.2, 0) is 5.41 Å². The van der Waals surface area contributed by atoms with Gasteiger partial charge in [0.2, 0.25) is 0 Å². The van der Waals surface area contributed by atoms with Crippen LogP contribution in [0.1, 0.15) is 52.0 Å². The average Bonchev–Trinajstić information content (AvgIpc) is 2.98. The molecule has 4 heteroatoms. The number of phenols is 1. The second-order valence-corrected chi connectivity index (χ2v) is 6.99. The Kier molecular flexibility index (Phi) is 4.56. The van der Waals surface area contributed by atoms with Gasteiger partial charge in [0, 0.05) is 5.56 Å². The number of nitrogens with zero attached hydrogens (tertiary/aromatic N) is 3. The molecule has 0 amide bonds. The Morgan fingerprint density at radius 3 is 2.25 bits per heavy atom. The molecule has 0 aliphatic carbocycles. The summed E-state index contributed by atoms with van der Waals surface area (Å²) in [4.78, 5) is 1.53. The van der Waals surface area contributed by atoms with E-state index in [2.05, 4.69) is 31.0 Å². The Morgan fingerprint density at radius 1 is 0.958 bits per heavy atom. The van der Waals surface area contributed by atoms with Gasteiger partial charge in [-0.3, -0.25) is 0 Å². The van der Waals surface area contributed by atoms with Crippen molar-refractivity contribution in [3.05, 3.63) is 48.0 Å². The first kappa shape index (κ1) is 16.5. The number of aromatic hydroxyl groups is 1. The van der Waals surface area contributed by atoms with E-state index < -0.39 is 0 Å². The maximum Gasteiger partial charge on any atom is 0.146 e. The summed E-state index contributed by atoms with van der Waals surface area (Å²) in [6.07, 6.45) is 4.63. The minimum Gasteiger partial charge on any atom is -0.505 e. The molecule has 1 aromatic heterocycles. The third-order valence-electron chi connectivity index (χ3n) is 4.65. The molecule has 126 valence electrons. The van der Waals surface area contributed by atoms with Crippen LogP contribution in [0, 0.1) is 0 Å². The standard InChI is InChI=1S/C20H25N3O/c1-4-5-8-14-20(2,3)15-10-9-13-18(19(15)24)23-21-16-11-6-7-12-17(16)22-23/h6-7,9-13,24H,4-5,8,14H2,1-3H3. The fraction of sp³-hybridized carbons (Fsp3) is 0.400. The van der Waals surface area contributed by atoms with Crippen LogP contribution in [0.15, 0.2) is 42.5 Å². The van der Waals surface area contributed by atoms with Crippen LogP contribution in [0.3, 0.4) is 0 Å². The molecule has 0 saturated carbocycles. The highest BCUT2D eigenvalue weighted by atomic mass is 16.3. The lowest BCUT2D eigenvalue weighted by Crippen LogP contribution is -2.18. The predicted octanol–water partition coefficient (Wildman–Crippen LogP) is 4.98. The van der Waals surface area contributed by atoms with Crippen molar-refractivity contribution in [1.82, 2.24) is 15.0 Å². The zero-order valence-corrected chi connectivity index (χ0v) is 14.7. The lowest BCUT2D eigenvalue weighted by atomic mass is 9.79. The van der Waals surface area contributed by atoms with Crippen molar-refractivity contribution in [3.63, 3.8) is 0 Å². The molecule has 4 nitrogen and oxygen atoms in total. The molecular formula is C20H25N3O. The molecule has 0 atom stereocenters. The van der Waals surface area contributed by atoms with Gasteiger partial charge in [0.15, 0.2) is 0 Å². The SMILES string of the molecule is CCCCCC(C)(C)c1cccc(-n2nc3ccccc3n2)c1O. The summed E-state index contributed by atoms with van der Waals surface area (Å²) in [5, 5.41) is 19.8. The topological polar surface area (TPSA) is 50.9 Å². The highest BCUT2D eigenvalue weighted by Crippen LogP contribution is 2.38. The number of fused-ring (bicyclic) bond motifs is 1. The minimum atomic E-state index is -0.0815. The molecule has 0 radical (unpaired) electrons. The van der Waals surface area contributed by atoms with E-state index in [1.54, 1.807) is 0 Å². The van der Waals surface area contributed by atoms with Crippen LogP contribution >= 0.6 is 0 Å². The van der Waals surface area contributed by atoms with Gasteiger partial charge in [-0.2, -0.15) is 0 Å². The van der Waals surface area contributed by atoms with Gasteiger partial charge in [-0.1, -0.05) is 64.3 Å². The van der Waals surface area contributed by atoms with E-state index in [1.165, 1.54) is 17.6 Å². The van der Waals surface area contributed by atoms with Gasteiger partial charge in [-0.15, -0.1) is 15.0 Å². The Labute approximate surface area is 143 Å². The van der Waals surface area contributed by atoms with Gasteiger partial charge in [-0.25, -0.2) is 0 Å². The van der Waals surface area contributed by atoms with E-state index >= 15 is 0 Å². The summed E-state index contributed by atoms with van der Waals surface area (Å²) in [6, 6.07) is 13.6. The number of phenolic OH excluding ortho intramolecular Hbond substituents is 1. The molecule has 0 unspecified atom stereocenters. The number of para-hydroxylation sites is 1. The number of hydrogen-bond acceptors (Lipinski definition) is 3. The van der Waals surface area contributed by atoms with E-state index in [4.69, 9.17) is 0 Å². The summed E-state index contributed by atoms with van der Waals surface area (Å²) >= 11 is 0. The molecule has 0 bridgehead atoms. The van der Waals surface area contributed by atoms with Crippen LogP contribution in [0.25, 0.3) is 16.7 Å². The molecule has 3 aromatic rings. The van der Waals surface area contributed by atoms with E-state index in [0.717, 1.165) is 29.4 Å². The predicted molar refractivity (Wildman–Crippen MR) is 97.7 cm³/mol. The monoisotopic (exact) mass is 323 g/mol. The van der Waals surface area contributed by atoms with Crippen LogP contribution < -0.4 is 0 Å². The summed E-state index contributed by atoms with van der Waals surface area (Å²) in [5.74, 6) is 0.277. The zero-order valence-electron chi connectivity index (χ0n) is 14.7. The third-order valence-corrected chi connectivity index (χ3v) is 4.65. The summed E-state index contributed by atoms with van der Waals surface area (Å²) < 4.78 is 0. The van der Waals surface area contributed by atoms with Crippen molar-refractivity contribution in [2.45, 2.75) is 51.9 Å². The van der Waals surface area contributed by atoms with Gasteiger partial charge in [0.05, 0.1) is 0 Å². The average molecular weight is 323 g/mol. The molecule has 3 rings (SSSR count). The highest BCUT2D eigenvalue weighted by Gasteiger charge is 2.25. The van der Waals surface area contributed by atoms with Crippen LogP contribution in [0.4, 0.5) is 0 Å². The molecule has 0 spiro atoms. The van der Waals surface area contributed by atoms with E-state index in [1.807, 2.05) is 42.5 Å². The first-order valence-corrected chi connectivity index (χ1v) is 8.68. The number of benzene rings is 2. The first-order valence-electron chi connectivity index (χ1n) is 8.68. The molecule has 0 aliphatic heterocycles. The lowest BCUT2D eigenvalue weighted by Gasteiger charge is -2.26. The van der Waals surface area contributed by atoms with Crippen LogP contribution in [-0.4, -0.2) is 20.1 Å². The van der Waals surface area contributed by atoms with E-state index in [0.29, 0.717) is 5.69 Å². The second-order valence-electron chi connectivity index (χ2n) is 6.99. The summed E-state index contributed by atoms with van der Waals surface area (Å²) in [7, 11) is 0. The van der Waals surface area contributed by atoms with Crippen molar-refractivity contribution in [3.8, 4) is 11.4 Å². The van der Waals surface area contributed by atoms with Gasteiger partial charge in [0.1, 0.15) is 22.5 Å². The molecular weight excluding hydrogens is 298 g/mol. The van der Waals surface area contributed by atoms with E-state index in [-0.39, 0.29) is 11.2 Å². The second kappa shape index (κ2) is 6.63. The fourth-order valence-electron chi connectivity index (χ4n) is 3.16. The number of rotatable bonds is 6. The Hall–Kier alpha value is -2.36. The molecule has 0 fully saturated rings. The lowest BCUT2D eigenvalue weighted by molar-refractivity contribution is 0.405. The summed E-state index contributed by atoms with van der Waals surface area (Å²) in [5.41, 5.74) is 3.15. The van der Waals surface area contributed by atoms with Crippen LogP contribution in [0.2, 0.25) is 0 Å². The zero-order chi connectivity index (χ0) is 17.2. The van der Waals surface area contributed by atoms with Gasteiger partial charge >= 0.3 is 0 Å². The normalized spacial score (nSPS) is 12.0. The van der Waals surface area contributed by atoms with Crippen molar-refractivity contribution >= 4 is 11.0 Å². The molecule has 0 aliphatic rings. The highest BCUT2D eigenvalue weighted by molar-refractivity contribution is 5.73. The Bertz CT molecular complexity index is 803. The van der Waals surface area contributed by atoms with Gasteiger partial charge in [0.25, 0.3) is 0 Å². The number of aromatic nitrogens is 3. The maximum absolute atomic E-state index is 10.9. The molecule has 1 N–H and O–H groups in total. The summed E-state index contributed by atoms with van der Waals surface area (Å²) in [6.45, 7) is 6.59. The molecule has 2 aromatic carbocycles. The molecule has 0 saturated heterocycles. The van der Waals surface area contributed by atoms with Crippen molar-refractivity contribution in [2.24, 2.45) is 0 Å². The Morgan fingerprint density at radius 2 is 1.62 bits per heavy atom. The Balaban J connectivity index is 1.98. The van der Waals surface area contributed by atoms with Gasteiger partial charge in [-0.05, 0) is 30.0 Å². The maximum atomic E-state index is 10.9. The van der Waals surface area contributed by atoms with Gasteiger partial charge < -0.3 is 5.11 Å². The van der Waals surface area contributed by atoms with Crippen LogP contribution in [0.5, 0.6) is 5.75 Å². The van der Waals surface area contributed by atoms with Crippen molar-refractivity contribution in [2.75, 3.05) is 0 Å². The van der Waals surface area contributed by atoms with Crippen molar-refractivity contribution in [1.29, 1.82) is 0 Å². The molecule has 24 heavy (non-hydrogen) atoms.